The van der Waals surface area contributed by atoms with Crippen molar-refractivity contribution in [3.63, 3.8) is 0 Å². The lowest BCUT2D eigenvalue weighted by atomic mass is 9.89. The molecule has 0 aliphatic carbocycles. The zero-order valence-electron chi connectivity index (χ0n) is 25.1. The fraction of sp³-hybridized carbons (Fsp3) is 1.00. The summed E-state index contributed by atoms with van der Waals surface area (Å²) in [7, 11) is 2.12. The van der Waals surface area contributed by atoms with Crippen molar-refractivity contribution in [1.82, 2.24) is 51.9 Å². The monoisotopic (exact) mass is 574 g/mol. The van der Waals surface area contributed by atoms with E-state index in [0.29, 0.717) is 42.4 Å². The normalized spacial score (nSPS) is 50.2. The lowest BCUT2D eigenvalue weighted by molar-refractivity contribution is -0.0793. The van der Waals surface area contributed by atoms with Crippen molar-refractivity contribution in [3.8, 4) is 0 Å². The molecule has 12 heteroatoms. The Hall–Kier alpha value is -0.480. The van der Waals surface area contributed by atoms with E-state index >= 15 is 0 Å². The van der Waals surface area contributed by atoms with Crippen LogP contribution in [0.4, 0.5) is 0 Å². The first-order valence-electron chi connectivity index (χ1n) is 16.7. The second-order valence-corrected chi connectivity index (χ2v) is 14.5. The Bertz CT molecular complexity index is 905. The second-order valence-electron chi connectivity index (χ2n) is 14.5. The highest BCUT2D eigenvalue weighted by Gasteiger charge is 2.50. The Kier molecular flexibility index (Phi) is 8.06. The van der Waals surface area contributed by atoms with Crippen LogP contribution in [0, 0.1) is 29.6 Å². The van der Waals surface area contributed by atoms with Gasteiger partial charge in [0, 0.05) is 88.6 Å². The molecule has 0 amide bonds. The quantitative estimate of drug-likeness (QED) is 0.233. The van der Waals surface area contributed by atoms with Crippen LogP contribution in [0.1, 0.15) is 32.6 Å². The molecular weight excluding hydrogens is 520 g/mol. The molecule has 6 N–H and O–H groups in total. The summed E-state index contributed by atoms with van der Waals surface area (Å²) in [6.07, 6.45) is 5.93. The van der Waals surface area contributed by atoms with Crippen LogP contribution in [0.3, 0.4) is 0 Å². The van der Waals surface area contributed by atoms with Gasteiger partial charge in [-0.25, -0.2) is 15.4 Å². The first-order chi connectivity index (χ1) is 20.1. The summed E-state index contributed by atoms with van der Waals surface area (Å²) in [6, 6.07) is 0.947. The van der Waals surface area contributed by atoms with Gasteiger partial charge in [0.05, 0.1) is 44.5 Å². The molecule has 8 fully saturated rings. The molecule has 11 unspecified atom stereocenters. The number of ether oxygens (including phenoxy) is 2. The molecule has 8 aliphatic rings. The van der Waals surface area contributed by atoms with Crippen LogP contribution >= 0.6 is 0 Å². The van der Waals surface area contributed by atoms with Crippen molar-refractivity contribution in [2.45, 2.75) is 75.6 Å². The van der Waals surface area contributed by atoms with E-state index in [1.807, 2.05) is 0 Å². The lowest BCUT2D eigenvalue weighted by Crippen LogP contribution is -2.67. The third-order valence-corrected chi connectivity index (χ3v) is 11.8. The summed E-state index contributed by atoms with van der Waals surface area (Å²) in [5.74, 6) is 3.31. The van der Waals surface area contributed by atoms with Crippen molar-refractivity contribution in [3.05, 3.63) is 0 Å². The van der Waals surface area contributed by atoms with Crippen molar-refractivity contribution >= 4 is 0 Å². The molecule has 12 atom stereocenters. The molecule has 0 aromatic rings. The van der Waals surface area contributed by atoms with Gasteiger partial charge >= 0.3 is 0 Å². The van der Waals surface area contributed by atoms with E-state index < -0.39 is 0 Å². The molecule has 0 aromatic carbocycles. The number of rotatable bonds is 3. The van der Waals surface area contributed by atoms with Gasteiger partial charge in [0.15, 0.2) is 0 Å². The van der Waals surface area contributed by atoms with Gasteiger partial charge in [0.2, 0.25) is 0 Å². The van der Waals surface area contributed by atoms with Gasteiger partial charge in [-0.1, -0.05) is 0 Å². The SMILES string of the molecule is C[C@H]1CCOC2C(CNN2C)C2NCCC(NC3CC4C(CN3)C(N3CCC(CN5CC6COCC6C5)C3)NN41)N2. The minimum atomic E-state index is 0.0720. The summed E-state index contributed by atoms with van der Waals surface area (Å²) in [6.45, 7) is 14.4. The molecular formula is C29H54N10O2. The summed E-state index contributed by atoms with van der Waals surface area (Å²) >= 11 is 0. The summed E-state index contributed by atoms with van der Waals surface area (Å²) < 4.78 is 12.3. The third-order valence-electron chi connectivity index (χ3n) is 11.8. The summed E-state index contributed by atoms with van der Waals surface area (Å²) in [5, 5.41) is 20.4. The first-order valence-corrected chi connectivity index (χ1v) is 16.7. The highest BCUT2D eigenvalue weighted by atomic mass is 16.5. The van der Waals surface area contributed by atoms with Crippen LogP contribution in [-0.2, 0) is 9.47 Å². The van der Waals surface area contributed by atoms with Gasteiger partial charge in [0.1, 0.15) is 6.23 Å². The van der Waals surface area contributed by atoms with Crippen LogP contribution in [0.15, 0.2) is 0 Å². The standard InChI is InChI=1S/C29H54N10O2/c1-18-5-8-41-29-23(11-32-36(29)2)27-30-6-3-25(34-27)33-26-9-24-22(10-31-26)28(35-39(18)24)38-7-4-19(13-38)12-37-14-20-16-40-17-21(20)15-37/h18-35H,3-17H2,1-2H3/t18-,19?,20?,21?,22?,23?,24?,25?,26?,27?,28?,29?/m0/s1. The number of hydrogen-bond donors (Lipinski definition) is 6. The molecule has 0 spiro atoms. The van der Waals surface area contributed by atoms with Crippen molar-refractivity contribution in [2.24, 2.45) is 29.6 Å². The number of nitrogens with zero attached hydrogens (tertiary/aromatic N) is 4. The number of hydrogen-bond acceptors (Lipinski definition) is 12. The van der Waals surface area contributed by atoms with Gasteiger partial charge in [-0.05, 0) is 45.1 Å². The van der Waals surface area contributed by atoms with Crippen molar-refractivity contribution < 1.29 is 9.47 Å². The van der Waals surface area contributed by atoms with Gasteiger partial charge < -0.3 is 25.0 Å². The molecule has 0 saturated carbocycles. The summed E-state index contributed by atoms with van der Waals surface area (Å²) in [4.78, 5) is 5.54. The van der Waals surface area contributed by atoms with Crippen LogP contribution in [0.5, 0.6) is 0 Å². The number of likely N-dealkylation sites (tertiary alicyclic amines) is 2. The number of hydrazine groups is 2. The lowest BCUT2D eigenvalue weighted by Gasteiger charge is -2.43. The minimum Gasteiger partial charge on any atom is -0.381 e. The van der Waals surface area contributed by atoms with Gasteiger partial charge in [-0.2, -0.15) is 0 Å². The van der Waals surface area contributed by atoms with E-state index in [1.54, 1.807) is 0 Å². The maximum absolute atomic E-state index is 6.60. The van der Waals surface area contributed by atoms with E-state index in [0.717, 1.165) is 76.5 Å². The molecule has 0 radical (unpaired) electrons. The smallest absolute Gasteiger partial charge is 0.129 e. The molecule has 232 valence electrons. The number of nitrogens with one attached hydrogen (secondary N) is 6. The van der Waals surface area contributed by atoms with E-state index in [1.165, 1.54) is 39.1 Å². The highest BCUT2D eigenvalue weighted by molar-refractivity contribution is 5.03. The predicted octanol–water partition coefficient (Wildman–Crippen LogP) is -1.64. The van der Waals surface area contributed by atoms with Crippen LogP contribution in [-0.4, -0.2) is 142 Å². The zero-order chi connectivity index (χ0) is 27.5. The molecule has 4 bridgehead atoms. The second kappa shape index (κ2) is 11.8. The fourth-order valence-electron chi connectivity index (χ4n) is 9.53. The Morgan fingerprint density at radius 1 is 0.902 bits per heavy atom. The molecule has 12 nitrogen and oxygen atoms in total. The summed E-state index contributed by atoms with van der Waals surface area (Å²) in [5.41, 5.74) is 7.62. The largest absolute Gasteiger partial charge is 0.381 e. The number of piperidine rings is 1. The first kappa shape index (κ1) is 28.0. The van der Waals surface area contributed by atoms with Gasteiger partial charge in [-0.15, -0.1) is 0 Å². The van der Waals surface area contributed by atoms with Crippen LogP contribution < -0.4 is 32.1 Å². The molecule has 41 heavy (non-hydrogen) atoms. The van der Waals surface area contributed by atoms with Crippen LogP contribution in [0.2, 0.25) is 0 Å². The van der Waals surface area contributed by atoms with Gasteiger partial charge in [0.25, 0.3) is 0 Å². The average Bonchev–Trinajstić information content (AvgIpc) is 3.78. The van der Waals surface area contributed by atoms with Crippen LogP contribution in [0.25, 0.3) is 0 Å². The van der Waals surface area contributed by atoms with E-state index in [9.17, 15) is 0 Å². The molecule has 8 heterocycles. The van der Waals surface area contributed by atoms with Gasteiger partial charge in [-0.3, -0.25) is 21.0 Å². The van der Waals surface area contributed by atoms with Crippen molar-refractivity contribution in [2.75, 3.05) is 79.2 Å². The molecule has 8 rings (SSSR count). The molecule has 8 saturated heterocycles. The fourth-order valence-corrected chi connectivity index (χ4v) is 9.53. The number of fused-ring (bicyclic) bond motifs is 6. The Morgan fingerprint density at radius 2 is 1.78 bits per heavy atom. The molecule has 0 aromatic heterocycles. The highest BCUT2D eigenvalue weighted by Crippen LogP contribution is 2.36. The average molecular weight is 575 g/mol. The molecule has 8 aliphatic heterocycles. The maximum atomic E-state index is 6.60. The van der Waals surface area contributed by atoms with E-state index in [-0.39, 0.29) is 12.4 Å². The van der Waals surface area contributed by atoms with Crippen molar-refractivity contribution in [1.29, 1.82) is 0 Å². The topological polar surface area (TPSA) is 104 Å². The Morgan fingerprint density at radius 3 is 2.66 bits per heavy atom. The predicted molar refractivity (Wildman–Crippen MR) is 156 cm³/mol. The van der Waals surface area contributed by atoms with E-state index in [2.05, 4.69) is 65.9 Å². The third kappa shape index (κ3) is 5.51. The minimum absolute atomic E-state index is 0.0720. The Labute approximate surface area is 245 Å². The zero-order valence-corrected chi connectivity index (χ0v) is 25.1. The Balaban J connectivity index is 0.948. The maximum Gasteiger partial charge on any atom is 0.129 e. The van der Waals surface area contributed by atoms with E-state index in [4.69, 9.17) is 9.47 Å².